The Kier molecular flexibility index (Phi) is 4.24. The van der Waals surface area contributed by atoms with Gasteiger partial charge in [0, 0.05) is 9.64 Å². The summed E-state index contributed by atoms with van der Waals surface area (Å²) >= 11 is 2.05. The number of ether oxygens (including phenoxy) is 1. The van der Waals surface area contributed by atoms with Crippen molar-refractivity contribution in [3.8, 4) is 5.75 Å². The molecule has 0 spiro atoms. The van der Waals surface area contributed by atoms with E-state index in [1.807, 2.05) is 46.9 Å². The van der Waals surface area contributed by atoms with Gasteiger partial charge in [0.1, 0.15) is 12.4 Å². The van der Waals surface area contributed by atoms with Gasteiger partial charge in [0.25, 0.3) is 5.69 Å². The molecule has 0 heterocycles. The average molecular weight is 405 g/mol. The summed E-state index contributed by atoms with van der Waals surface area (Å²) in [6.07, 6.45) is 0. The zero-order valence-corrected chi connectivity index (χ0v) is 13.7. The Morgan fingerprint density at radius 2 is 1.77 bits per heavy atom. The predicted octanol–water partition coefficient (Wildman–Crippen LogP) is 4.93. The van der Waals surface area contributed by atoms with Gasteiger partial charge in [-0.3, -0.25) is 10.1 Å². The quantitative estimate of drug-likeness (QED) is 0.351. The lowest BCUT2D eigenvalue weighted by molar-refractivity contribution is -0.385. The number of hydrogen-bond acceptors (Lipinski definition) is 3. The summed E-state index contributed by atoms with van der Waals surface area (Å²) in [7, 11) is 0. The fraction of sp³-hybridized carbons (Fsp3) is 0.0588. The van der Waals surface area contributed by atoms with Crippen LogP contribution in [-0.4, -0.2) is 4.92 Å². The van der Waals surface area contributed by atoms with E-state index in [9.17, 15) is 10.1 Å². The molecular weight excluding hydrogens is 393 g/mol. The molecule has 0 atom stereocenters. The molecule has 3 aromatic carbocycles. The Morgan fingerprint density at radius 1 is 1.00 bits per heavy atom. The van der Waals surface area contributed by atoms with Gasteiger partial charge in [-0.15, -0.1) is 0 Å². The fourth-order valence-corrected chi connectivity index (χ4v) is 2.86. The third kappa shape index (κ3) is 3.36. The molecule has 3 aromatic rings. The first-order chi connectivity index (χ1) is 10.6. The van der Waals surface area contributed by atoms with Crippen LogP contribution in [0, 0.1) is 13.7 Å². The Labute approximate surface area is 141 Å². The van der Waals surface area contributed by atoms with E-state index in [1.54, 1.807) is 6.07 Å². The van der Waals surface area contributed by atoms with Crippen molar-refractivity contribution in [2.75, 3.05) is 0 Å². The van der Waals surface area contributed by atoms with Gasteiger partial charge >= 0.3 is 0 Å². The van der Waals surface area contributed by atoms with E-state index >= 15 is 0 Å². The number of hydrogen-bond donors (Lipinski definition) is 0. The second kappa shape index (κ2) is 6.31. The van der Waals surface area contributed by atoms with Crippen molar-refractivity contribution in [3.05, 3.63) is 79.9 Å². The Balaban J connectivity index is 1.80. The van der Waals surface area contributed by atoms with Gasteiger partial charge in [-0.25, -0.2) is 0 Å². The minimum absolute atomic E-state index is 0.0420. The van der Waals surface area contributed by atoms with Crippen LogP contribution in [0.5, 0.6) is 5.75 Å². The number of nitrogens with zero attached hydrogens (tertiary/aromatic N) is 1. The monoisotopic (exact) mass is 405 g/mol. The smallest absolute Gasteiger partial charge is 0.274 e. The SMILES string of the molecule is O=[N+]([O-])c1cc(I)cc(OCc2ccc3ccccc3c2)c1. The lowest BCUT2D eigenvalue weighted by Gasteiger charge is -2.08. The van der Waals surface area contributed by atoms with Crippen LogP contribution in [0.4, 0.5) is 5.69 Å². The molecule has 0 aliphatic rings. The molecular formula is C17H12INO3. The largest absolute Gasteiger partial charge is 0.489 e. The lowest BCUT2D eigenvalue weighted by Crippen LogP contribution is -1.97. The highest BCUT2D eigenvalue weighted by Crippen LogP contribution is 2.25. The number of nitro benzene ring substituents is 1. The molecule has 22 heavy (non-hydrogen) atoms. The van der Waals surface area contributed by atoms with Crippen LogP contribution < -0.4 is 4.74 Å². The van der Waals surface area contributed by atoms with Crippen molar-refractivity contribution in [2.45, 2.75) is 6.61 Å². The van der Waals surface area contributed by atoms with Crippen molar-refractivity contribution < 1.29 is 9.66 Å². The summed E-state index contributed by atoms with van der Waals surface area (Å²) in [6, 6.07) is 19.0. The van der Waals surface area contributed by atoms with Crippen LogP contribution in [0.3, 0.4) is 0 Å². The predicted molar refractivity (Wildman–Crippen MR) is 94.1 cm³/mol. The highest BCUT2D eigenvalue weighted by atomic mass is 127. The average Bonchev–Trinajstić information content (AvgIpc) is 2.52. The molecule has 0 radical (unpaired) electrons. The van der Waals surface area contributed by atoms with E-state index < -0.39 is 4.92 Å². The van der Waals surface area contributed by atoms with Crippen LogP contribution >= 0.6 is 22.6 Å². The molecule has 0 unspecified atom stereocenters. The maximum atomic E-state index is 10.9. The van der Waals surface area contributed by atoms with Gasteiger partial charge in [-0.2, -0.15) is 0 Å². The molecule has 0 aromatic heterocycles. The van der Waals surface area contributed by atoms with Crippen LogP contribution in [-0.2, 0) is 6.61 Å². The van der Waals surface area contributed by atoms with E-state index in [-0.39, 0.29) is 5.69 Å². The van der Waals surface area contributed by atoms with Crippen molar-refractivity contribution in [1.82, 2.24) is 0 Å². The van der Waals surface area contributed by atoms with Crippen molar-refractivity contribution >= 4 is 39.1 Å². The maximum Gasteiger partial charge on any atom is 0.274 e. The molecule has 3 rings (SSSR count). The Morgan fingerprint density at radius 3 is 2.55 bits per heavy atom. The third-order valence-corrected chi connectivity index (χ3v) is 3.91. The van der Waals surface area contributed by atoms with Crippen molar-refractivity contribution in [1.29, 1.82) is 0 Å². The van der Waals surface area contributed by atoms with Crippen LogP contribution in [0.15, 0.2) is 60.7 Å². The highest BCUT2D eigenvalue weighted by Gasteiger charge is 2.09. The number of non-ortho nitro benzene ring substituents is 1. The zero-order chi connectivity index (χ0) is 15.5. The van der Waals surface area contributed by atoms with Crippen molar-refractivity contribution in [2.24, 2.45) is 0 Å². The summed E-state index contributed by atoms with van der Waals surface area (Å²) in [5.74, 6) is 0.506. The normalized spacial score (nSPS) is 10.6. The summed E-state index contributed by atoms with van der Waals surface area (Å²) < 4.78 is 6.48. The molecule has 0 bridgehead atoms. The van der Waals surface area contributed by atoms with Crippen LogP contribution in [0.2, 0.25) is 0 Å². The molecule has 5 heteroatoms. The molecule has 0 aliphatic heterocycles. The Hall–Kier alpha value is -2.15. The summed E-state index contributed by atoms with van der Waals surface area (Å²) in [6.45, 7) is 0.377. The first-order valence-electron chi connectivity index (χ1n) is 6.67. The minimum Gasteiger partial charge on any atom is -0.489 e. The second-order valence-corrected chi connectivity index (χ2v) is 6.12. The van der Waals surface area contributed by atoms with Gasteiger partial charge in [-0.05, 0) is 51.1 Å². The second-order valence-electron chi connectivity index (χ2n) is 4.87. The van der Waals surface area contributed by atoms with E-state index in [2.05, 4.69) is 18.2 Å². The van der Waals surface area contributed by atoms with Gasteiger partial charge in [-0.1, -0.05) is 36.4 Å². The fourth-order valence-electron chi connectivity index (χ4n) is 2.23. The topological polar surface area (TPSA) is 52.4 Å². The van der Waals surface area contributed by atoms with Gasteiger partial charge in [0.05, 0.1) is 11.0 Å². The zero-order valence-electron chi connectivity index (χ0n) is 11.5. The molecule has 110 valence electrons. The summed E-state index contributed by atoms with van der Waals surface area (Å²) in [5, 5.41) is 13.2. The van der Waals surface area contributed by atoms with Crippen LogP contribution in [0.25, 0.3) is 10.8 Å². The molecule has 0 fully saturated rings. The first kappa shape index (κ1) is 14.8. The van der Waals surface area contributed by atoms with Crippen LogP contribution in [0.1, 0.15) is 5.56 Å². The molecule has 0 N–H and O–H groups in total. The van der Waals surface area contributed by atoms with E-state index in [1.165, 1.54) is 17.5 Å². The molecule has 0 saturated heterocycles. The molecule has 0 saturated carbocycles. The number of benzene rings is 3. The Bertz CT molecular complexity index is 848. The lowest BCUT2D eigenvalue weighted by atomic mass is 10.1. The van der Waals surface area contributed by atoms with Gasteiger partial charge < -0.3 is 4.74 Å². The van der Waals surface area contributed by atoms with E-state index in [0.29, 0.717) is 12.4 Å². The molecule has 4 nitrogen and oxygen atoms in total. The molecule has 0 aliphatic carbocycles. The van der Waals surface area contributed by atoms with Gasteiger partial charge in [0.15, 0.2) is 0 Å². The van der Waals surface area contributed by atoms with E-state index in [4.69, 9.17) is 4.74 Å². The minimum atomic E-state index is -0.412. The highest BCUT2D eigenvalue weighted by molar-refractivity contribution is 14.1. The maximum absolute atomic E-state index is 10.9. The van der Waals surface area contributed by atoms with Crippen molar-refractivity contribution in [3.63, 3.8) is 0 Å². The van der Waals surface area contributed by atoms with Gasteiger partial charge in [0.2, 0.25) is 0 Å². The summed E-state index contributed by atoms with van der Waals surface area (Å²) in [5.41, 5.74) is 1.07. The summed E-state index contributed by atoms with van der Waals surface area (Å²) in [4.78, 5) is 10.5. The number of rotatable bonds is 4. The molecule has 0 amide bonds. The standard InChI is InChI=1S/C17H12INO3/c18-15-8-16(19(20)21)10-17(9-15)22-11-12-5-6-13-3-1-2-4-14(13)7-12/h1-10H,11H2. The number of nitro groups is 1. The first-order valence-corrected chi connectivity index (χ1v) is 7.75. The third-order valence-electron chi connectivity index (χ3n) is 3.29. The number of fused-ring (bicyclic) bond motifs is 1. The number of halogens is 1. The van der Waals surface area contributed by atoms with E-state index in [0.717, 1.165) is 14.5 Å².